The zero-order valence-electron chi connectivity index (χ0n) is 19.8. The molecule has 2 aromatic rings. The lowest BCUT2D eigenvalue weighted by Crippen LogP contribution is -2.51. The maximum absolute atomic E-state index is 13.6. The average molecular weight is 512 g/mol. The summed E-state index contributed by atoms with van der Waals surface area (Å²) in [7, 11) is -3.91. The van der Waals surface area contributed by atoms with Crippen LogP contribution in [0.5, 0.6) is 0 Å². The van der Waals surface area contributed by atoms with E-state index in [1.165, 1.54) is 11.0 Å². The van der Waals surface area contributed by atoms with Crippen molar-refractivity contribution in [3.63, 3.8) is 0 Å². The highest BCUT2D eigenvalue weighted by Crippen LogP contribution is 2.25. The minimum atomic E-state index is -3.91. The van der Waals surface area contributed by atoms with Gasteiger partial charge in [0.1, 0.15) is 18.4 Å². The molecule has 0 aliphatic rings. The highest BCUT2D eigenvalue weighted by molar-refractivity contribution is 7.92. The molecule has 0 bridgehead atoms. The van der Waals surface area contributed by atoms with Crippen molar-refractivity contribution in [1.29, 1.82) is 0 Å². The summed E-state index contributed by atoms with van der Waals surface area (Å²) in [6.07, 6.45) is 2.66. The van der Waals surface area contributed by atoms with E-state index in [0.29, 0.717) is 6.54 Å². The number of amides is 2. The van der Waals surface area contributed by atoms with E-state index in [9.17, 15) is 22.4 Å². The van der Waals surface area contributed by atoms with Gasteiger partial charge in [-0.1, -0.05) is 54.8 Å². The predicted molar refractivity (Wildman–Crippen MR) is 133 cm³/mol. The minimum absolute atomic E-state index is 0.0533. The maximum atomic E-state index is 13.6. The van der Waals surface area contributed by atoms with Gasteiger partial charge in [0.25, 0.3) is 0 Å². The number of carbonyl (C=O) groups excluding carboxylic acids is 2. The van der Waals surface area contributed by atoms with E-state index in [4.69, 9.17) is 11.6 Å². The van der Waals surface area contributed by atoms with Crippen LogP contribution < -0.4 is 9.62 Å². The first-order chi connectivity index (χ1) is 15.9. The van der Waals surface area contributed by atoms with Crippen molar-refractivity contribution >= 4 is 39.1 Å². The van der Waals surface area contributed by atoms with E-state index in [1.807, 2.05) is 38.1 Å². The average Bonchev–Trinajstić information content (AvgIpc) is 2.77. The third kappa shape index (κ3) is 7.70. The molecule has 0 heterocycles. The van der Waals surface area contributed by atoms with Crippen LogP contribution in [0.25, 0.3) is 0 Å². The second-order valence-electron chi connectivity index (χ2n) is 8.20. The molecule has 7 nitrogen and oxygen atoms in total. The van der Waals surface area contributed by atoms with Gasteiger partial charge in [0, 0.05) is 13.1 Å². The fourth-order valence-electron chi connectivity index (χ4n) is 3.26. The molecule has 0 saturated heterocycles. The smallest absolute Gasteiger partial charge is 0.244 e. The van der Waals surface area contributed by atoms with Gasteiger partial charge in [-0.05, 0) is 44.0 Å². The Labute approximate surface area is 205 Å². The number of anilines is 1. The van der Waals surface area contributed by atoms with Gasteiger partial charge in [-0.15, -0.1) is 0 Å². The largest absolute Gasteiger partial charge is 0.354 e. The first-order valence-electron chi connectivity index (χ1n) is 11.0. The number of carbonyl (C=O) groups is 2. The number of hydrogen-bond donors (Lipinski definition) is 1. The highest BCUT2D eigenvalue weighted by Gasteiger charge is 2.30. The normalized spacial score (nSPS) is 12.2. The number of nitrogens with zero attached hydrogens (tertiary/aromatic N) is 2. The molecule has 0 aliphatic carbocycles. The number of hydrogen-bond acceptors (Lipinski definition) is 4. The van der Waals surface area contributed by atoms with Crippen LogP contribution in [0.2, 0.25) is 5.02 Å². The zero-order valence-corrected chi connectivity index (χ0v) is 21.4. The lowest BCUT2D eigenvalue weighted by Gasteiger charge is -2.31. The summed E-state index contributed by atoms with van der Waals surface area (Å²) in [5, 5.41) is 2.55. The predicted octanol–water partition coefficient (Wildman–Crippen LogP) is 3.89. The van der Waals surface area contributed by atoms with E-state index in [-0.39, 0.29) is 23.2 Å². The van der Waals surface area contributed by atoms with Gasteiger partial charge in [-0.25, -0.2) is 12.8 Å². The van der Waals surface area contributed by atoms with Gasteiger partial charge in [0.05, 0.1) is 17.0 Å². The minimum Gasteiger partial charge on any atom is -0.354 e. The van der Waals surface area contributed by atoms with Crippen molar-refractivity contribution in [2.75, 3.05) is 23.7 Å². The SMILES string of the molecule is CCCCNC(=O)[C@H](C)N(Cc1ccc(C)cc1)C(=O)CN(c1ccc(F)c(Cl)c1)S(C)(=O)=O. The number of sulfonamides is 1. The second kappa shape index (κ2) is 12.2. The number of rotatable bonds is 11. The van der Waals surface area contributed by atoms with Crippen LogP contribution in [-0.4, -0.2) is 50.5 Å². The molecule has 2 rings (SSSR count). The highest BCUT2D eigenvalue weighted by atomic mass is 35.5. The van der Waals surface area contributed by atoms with Crippen molar-refractivity contribution in [3.05, 3.63) is 64.4 Å². The van der Waals surface area contributed by atoms with Crippen LogP contribution in [0.4, 0.5) is 10.1 Å². The molecule has 34 heavy (non-hydrogen) atoms. The molecule has 1 N–H and O–H groups in total. The molecule has 0 aromatic heterocycles. The summed E-state index contributed by atoms with van der Waals surface area (Å²) < 4.78 is 39.5. The van der Waals surface area contributed by atoms with Gasteiger partial charge in [-0.3, -0.25) is 13.9 Å². The van der Waals surface area contributed by atoms with Gasteiger partial charge in [-0.2, -0.15) is 0 Å². The molecule has 1 atom stereocenters. The van der Waals surface area contributed by atoms with E-state index >= 15 is 0 Å². The van der Waals surface area contributed by atoms with Gasteiger partial charge in [0.15, 0.2) is 0 Å². The summed E-state index contributed by atoms with van der Waals surface area (Å²) in [5.41, 5.74) is 1.89. The number of benzene rings is 2. The van der Waals surface area contributed by atoms with Crippen molar-refractivity contribution in [2.45, 2.75) is 46.2 Å². The first kappa shape index (κ1) is 27.6. The molecule has 0 spiro atoms. The van der Waals surface area contributed by atoms with Crippen molar-refractivity contribution in [2.24, 2.45) is 0 Å². The summed E-state index contributed by atoms with van der Waals surface area (Å²) in [6.45, 7) is 5.57. The van der Waals surface area contributed by atoms with Crippen LogP contribution in [0.3, 0.4) is 0 Å². The molecule has 186 valence electrons. The Morgan fingerprint density at radius 2 is 1.79 bits per heavy atom. The van der Waals surface area contributed by atoms with Crippen molar-refractivity contribution < 1.29 is 22.4 Å². The Balaban J connectivity index is 2.35. The van der Waals surface area contributed by atoms with E-state index in [1.54, 1.807) is 6.92 Å². The lowest BCUT2D eigenvalue weighted by atomic mass is 10.1. The molecule has 2 aromatic carbocycles. The Kier molecular flexibility index (Phi) is 9.88. The van der Waals surface area contributed by atoms with Crippen molar-refractivity contribution in [1.82, 2.24) is 10.2 Å². The van der Waals surface area contributed by atoms with E-state index in [2.05, 4.69) is 5.32 Å². The first-order valence-corrected chi connectivity index (χ1v) is 13.2. The van der Waals surface area contributed by atoms with Crippen LogP contribution >= 0.6 is 11.6 Å². The van der Waals surface area contributed by atoms with Gasteiger partial charge in [0.2, 0.25) is 21.8 Å². The Morgan fingerprint density at radius 1 is 1.15 bits per heavy atom. The third-order valence-corrected chi connectivity index (χ3v) is 6.77. The van der Waals surface area contributed by atoms with Crippen molar-refractivity contribution in [3.8, 4) is 0 Å². The van der Waals surface area contributed by atoms with Crippen LogP contribution in [0, 0.1) is 12.7 Å². The zero-order chi connectivity index (χ0) is 25.5. The Hall–Kier alpha value is -2.65. The lowest BCUT2D eigenvalue weighted by molar-refractivity contribution is -0.139. The summed E-state index contributed by atoms with van der Waals surface area (Å²) in [6, 6.07) is 10.1. The maximum Gasteiger partial charge on any atom is 0.244 e. The number of unbranched alkanes of at least 4 members (excludes halogenated alkanes) is 1. The fourth-order valence-corrected chi connectivity index (χ4v) is 4.28. The topological polar surface area (TPSA) is 86.8 Å². The Morgan fingerprint density at radius 3 is 2.35 bits per heavy atom. The summed E-state index contributed by atoms with van der Waals surface area (Å²) in [4.78, 5) is 27.5. The molecule has 2 amide bonds. The molecule has 0 unspecified atom stereocenters. The van der Waals surface area contributed by atoms with Gasteiger partial charge < -0.3 is 10.2 Å². The number of halogens is 2. The van der Waals surface area contributed by atoms with Crippen LogP contribution in [0.1, 0.15) is 37.8 Å². The van der Waals surface area contributed by atoms with Crippen LogP contribution in [0.15, 0.2) is 42.5 Å². The molecule has 0 fully saturated rings. The summed E-state index contributed by atoms with van der Waals surface area (Å²) >= 11 is 5.83. The molecule has 10 heteroatoms. The third-order valence-electron chi connectivity index (χ3n) is 5.34. The van der Waals surface area contributed by atoms with E-state index in [0.717, 1.165) is 46.7 Å². The summed E-state index contributed by atoms with van der Waals surface area (Å²) in [5.74, 6) is -1.61. The fraction of sp³-hybridized carbons (Fsp3) is 0.417. The van der Waals surface area contributed by atoms with Crippen LogP contribution in [-0.2, 0) is 26.2 Å². The monoisotopic (exact) mass is 511 g/mol. The molecular weight excluding hydrogens is 481 g/mol. The van der Waals surface area contributed by atoms with E-state index < -0.39 is 34.3 Å². The molecule has 0 aliphatic heterocycles. The van der Waals surface area contributed by atoms with Gasteiger partial charge >= 0.3 is 0 Å². The second-order valence-corrected chi connectivity index (χ2v) is 10.5. The molecular formula is C24H31ClFN3O4S. The molecule has 0 saturated carbocycles. The standard InChI is InChI=1S/C24H31ClFN3O4S/c1-5-6-13-27-24(31)18(3)28(15-19-9-7-17(2)8-10-19)23(30)16-29(34(4,32)33)20-11-12-22(26)21(25)14-20/h7-12,14,18H,5-6,13,15-16H2,1-4H3,(H,27,31)/t18-/m0/s1. The quantitative estimate of drug-likeness (QED) is 0.464. The number of aryl methyl sites for hydroxylation is 1. The molecule has 0 radical (unpaired) electrons. The Bertz CT molecular complexity index is 1110. The number of nitrogens with one attached hydrogen (secondary N) is 1.